The first kappa shape index (κ1) is 19.4. The maximum Gasteiger partial charge on any atom is 0.217 e. The van der Waals surface area contributed by atoms with Gasteiger partial charge in [-0.3, -0.25) is 9.78 Å². The van der Waals surface area contributed by atoms with Crippen molar-refractivity contribution in [1.82, 2.24) is 20.0 Å². The van der Waals surface area contributed by atoms with Crippen molar-refractivity contribution in [1.29, 1.82) is 0 Å². The summed E-state index contributed by atoms with van der Waals surface area (Å²) < 4.78 is 2.05. The maximum atomic E-state index is 11.1. The highest BCUT2D eigenvalue weighted by Crippen LogP contribution is 2.38. The molecule has 6 nitrogen and oxygen atoms in total. The van der Waals surface area contributed by atoms with Gasteiger partial charge in [0.15, 0.2) is 0 Å². The van der Waals surface area contributed by atoms with Gasteiger partial charge in [-0.2, -0.15) is 0 Å². The average molecular weight is 412 g/mol. The minimum Gasteiger partial charge on any atom is -0.370 e. The van der Waals surface area contributed by atoms with Gasteiger partial charge in [-0.05, 0) is 49.3 Å². The van der Waals surface area contributed by atoms with Crippen LogP contribution in [0.3, 0.4) is 0 Å². The Labute approximate surface area is 181 Å². The Morgan fingerprint density at radius 2 is 1.81 bits per heavy atom. The van der Waals surface area contributed by atoms with E-state index in [0.717, 1.165) is 59.0 Å². The third-order valence-corrected chi connectivity index (χ3v) is 6.34. The normalized spacial score (nSPS) is 18.5. The third kappa shape index (κ3) is 4.06. The molecule has 6 heteroatoms. The molecule has 31 heavy (non-hydrogen) atoms. The van der Waals surface area contributed by atoms with Gasteiger partial charge in [0.2, 0.25) is 5.91 Å². The number of nitrogens with two attached hydrogens (primary N) is 1. The number of carbonyl (C=O) groups is 1. The van der Waals surface area contributed by atoms with Gasteiger partial charge in [-0.15, -0.1) is 5.10 Å². The molecule has 2 atom stereocenters. The Morgan fingerprint density at radius 1 is 1.00 bits per heavy atom. The van der Waals surface area contributed by atoms with Crippen molar-refractivity contribution in [2.75, 3.05) is 0 Å². The van der Waals surface area contributed by atoms with E-state index in [-0.39, 0.29) is 5.91 Å². The molecular formula is C25H25N5O. The minimum atomic E-state index is -0.216. The van der Waals surface area contributed by atoms with Crippen LogP contribution in [0.1, 0.15) is 38.1 Å². The lowest BCUT2D eigenvalue weighted by Crippen LogP contribution is -2.13. The lowest BCUT2D eigenvalue weighted by molar-refractivity contribution is -0.118. The molecule has 5 rings (SSSR count). The Morgan fingerprint density at radius 3 is 2.65 bits per heavy atom. The maximum absolute atomic E-state index is 11.1. The molecule has 1 aliphatic rings. The number of hydrogen-bond acceptors (Lipinski definition) is 4. The summed E-state index contributed by atoms with van der Waals surface area (Å²) in [5.74, 6) is 0.309. The first-order chi connectivity index (χ1) is 15.2. The van der Waals surface area contributed by atoms with Crippen molar-refractivity contribution in [3.05, 3.63) is 67.0 Å². The van der Waals surface area contributed by atoms with Gasteiger partial charge in [0.05, 0.1) is 23.4 Å². The smallest absolute Gasteiger partial charge is 0.217 e. The molecule has 4 aromatic rings. The minimum absolute atomic E-state index is 0.216. The van der Waals surface area contributed by atoms with Crippen LogP contribution in [0.2, 0.25) is 0 Å². The fourth-order valence-corrected chi connectivity index (χ4v) is 4.66. The molecule has 1 amide bonds. The van der Waals surface area contributed by atoms with Gasteiger partial charge in [0.1, 0.15) is 0 Å². The van der Waals surface area contributed by atoms with Crippen LogP contribution in [0, 0.1) is 5.92 Å². The van der Waals surface area contributed by atoms with E-state index in [1.165, 1.54) is 0 Å². The van der Waals surface area contributed by atoms with Gasteiger partial charge in [-0.1, -0.05) is 47.7 Å². The quantitative estimate of drug-likeness (QED) is 0.495. The summed E-state index contributed by atoms with van der Waals surface area (Å²) in [6, 6.07) is 19.1. The summed E-state index contributed by atoms with van der Waals surface area (Å²) in [4.78, 5) is 15.7. The van der Waals surface area contributed by atoms with Crippen LogP contribution in [-0.4, -0.2) is 25.9 Å². The number of primary amides is 1. The molecule has 0 saturated heterocycles. The molecule has 1 saturated carbocycles. The van der Waals surface area contributed by atoms with Crippen LogP contribution in [0.15, 0.2) is 67.0 Å². The van der Waals surface area contributed by atoms with Crippen LogP contribution in [0.5, 0.6) is 0 Å². The zero-order valence-corrected chi connectivity index (χ0v) is 17.3. The number of nitrogens with zero attached hydrogens (tertiary/aromatic N) is 4. The predicted molar refractivity (Wildman–Crippen MR) is 121 cm³/mol. The number of aromatic nitrogens is 4. The van der Waals surface area contributed by atoms with Crippen molar-refractivity contribution < 1.29 is 4.79 Å². The monoisotopic (exact) mass is 411 g/mol. The van der Waals surface area contributed by atoms with Crippen LogP contribution >= 0.6 is 0 Å². The molecule has 2 heterocycles. The molecular weight excluding hydrogens is 386 g/mol. The van der Waals surface area contributed by atoms with Crippen molar-refractivity contribution in [3.63, 3.8) is 0 Å². The summed E-state index contributed by atoms with van der Waals surface area (Å²) in [6.07, 6.45) is 8.27. The topological polar surface area (TPSA) is 86.7 Å². The Bertz CT molecular complexity index is 1210. The summed E-state index contributed by atoms with van der Waals surface area (Å²) in [5.41, 5.74) is 10.7. The van der Waals surface area contributed by atoms with Crippen LogP contribution in [0.25, 0.3) is 33.3 Å². The van der Waals surface area contributed by atoms with Gasteiger partial charge in [0, 0.05) is 29.1 Å². The summed E-state index contributed by atoms with van der Waals surface area (Å²) in [5, 5.41) is 9.71. The molecule has 156 valence electrons. The lowest BCUT2D eigenvalue weighted by atomic mass is 10.0. The number of amides is 1. The van der Waals surface area contributed by atoms with E-state index in [9.17, 15) is 4.79 Å². The summed E-state index contributed by atoms with van der Waals surface area (Å²) in [6.45, 7) is 0. The standard InChI is InChI=1S/C25H25N5O/c26-25(31)12-6-17-5-11-22(13-17)30-24(16-28-29-30)19-9-7-18(8-10-19)21-14-20-3-1-2-4-23(20)27-15-21/h1-4,7-10,14-17,22H,5-6,11-13H2,(H2,26,31)/t17-,22+/m0/s1. The lowest BCUT2D eigenvalue weighted by Gasteiger charge is -2.14. The van der Waals surface area contributed by atoms with E-state index >= 15 is 0 Å². The third-order valence-electron chi connectivity index (χ3n) is 6.34. The van der Waals surface area contributed by atoms with Gasteiger partial charge in [0.25, 0.3) is 0 Å². The Hall–Kier alpha value is -3.54. The highest BCUT2D eigenvalue weighted by molar-refractivity contribution is 5.83. The van der Waals surface area contributed by atoms with Crippen LogP contribution in [0.4, 0.5) is 0 Å². The molecule has 0 spiro atoms. The van der Waals surface area contributed by atoms with Crippen molar-refractivity contribution in [3.8, 4) is 22.4 Å². The number of pyridine rings is 1. The van der Waals surface area contributed by atoms with Crippen molar-refractivity contribution >= 4 is 16.8 Å². The van der Waals surface area contributed by atoms with E-state index in [4.69, 9.17) is 5.73 Å². The SMILES string of the molecule is NC(=O)CC[C@@H]1CC[C@@H](n2nncc2-c2ccc(-c3cnc4ccccc4c3)cc2)C1. The fourth-order valence-electron chi connectivity index (χ4n) is 4.66. The first-order valence-electron chi connectivity index (χ1n) is 10.8. The van der Waals surface area contributed by atoms with Gasteiger partial charge < -0.3 is 5.73 Å². The second kappa shape index (κ2) is 8.30. The molecule has 1 aliphatic carbocycles. The van der Waals surface area contributed by atoms with Crippen molar-refractivity contribution in [2.24, 2.45) is 11.7 Å². The predicted octanol–water partition coefficient (Wildman–Crippen LogP) is 4.77. The van der Waals surface area contributed by atoms with Gasteiger partial charge >= 0.3 is 0 Å². The number of benzene rings is 2. The Balaban J connectivity index is 1.35. The number of carbonyl (C=O) groups excluding carboxylic acids is 1. The van der Waals surface area contributed by atoms with Crippen molar-refractivity contribution in [2.45, 2.75) is 38.1 Å². The van der Waals surface area contributed by atoms with Gasteiger partial charge in [-0.25, -0.2) is 4.68 Å². The highest BCUT2D eigenvalue weighted by atomic mass is 16.1. The molecule has 2 N–H and O–H groups in total. The second-order valence-corrected chi connectivity index (χ2v) is 8.40. The molecule has 0 bridgehead atoms. The van der Waals surface area contributed by atoms with E-state index in [1.807, 2.05) is 30.6 Å². The second-order valence-electron chi connectivity index (χ2n) is 8.40. The molecule has 0 aliphatic heterocycles. The molecule has 2 aromatic carbocycles. The first-order valence-corrected chi connectivity index (χ1v) is 10.8. The van der Waals surface area contributed by atoms with E-state index in [1.54, 1.807) is 0 Å². The molecule has 2 aromatic heterocycles. The number of hydrogen-bond donors (Lipinski definition) is 1. The van der Waals surface area contributed by atoms with E-state index in [2.05, 4.69) is 56.4 Å². The zero-order valence-electron chi connectivity index (χ0n) is 17.3. The van der Waals surface area contributed by atoms with E-state index in [0.29, 0.717) is 18.4 Å². The van der Waals surface area contributed by atoms with E-state index < -0.39 is 0 Å². The van der Waals surface area contributed by atoms with Crippen LogP contribution in [-0.2, 0) is 4.79 Å². The molecule has 0 radical (unpaired) electrons. The number of rotatable bonds is 6. The number of fused-ring (bicyclic) bond motifs is 1. The largest absolute Gasteiger partial charge is 0.370 e. The van der Waals surface area contributed by atoms with Crippen LogP contribution < -0.4 is 5.73 Å². The molecule has 0 unspecified atom stereocenters. The summed E-state index contributed by atoms with van der Waals surface area (Å²) >= 11 is 0. The summed E-state index contributed by atoms with van der Waals surface area (Å²) in [7, 11) is 0. The highest BCUT2D eigenvalue weighted by Gasteiger charge is 2.28. The average Bonchev–Trinajstić information content (AvgIpc) is 3.47. The molecule has 1 fully saturated rings. The Kier molecular flexibility index (Phi) is 5.20. The zero-order chi connectivity index (χ0) is 21.2. The fraction of sp³-hybridized carbons (Fsp3) is 0.280. The number of para-hydroxylation sites is 1.